The lowest BCUT2D eigenvalue weighted by atomic mass is 9.94. The number of halogens is 1. The summed E-state index contributed by atoms with van der Waals surface area (Å²) < 4.78 is 11.7. The molecule has 0 bridgehead atoms. The topological polar surface area (TPSA) is 80.0 Å². The summed E-state index contributed by atoms with van der Waals surface area (Å²) in [6.07, 6.45) is 0. The van der Waals surface area contributed by atoms with Crippen LogP contribution in [0.5, 0.6) is 5.75 Å². The molecule has 0 aliphatic carbocycles. The number of benzene rings is 4. The van der Waals surface area contributed by atoms with Crippen LogP contribution >= 0.6 is 11.6 Å². The van der Waals surface area contributed by atoms with Gasteiger partial charge in [-0.15, -0.1) is 0 Å². The largest absolute Gasteiger partial charge is 0.503 e. The Morgan fingerprint density at radius 1 is 0.897 bits per heavy atom. The van der Waals surface area contributed by atoms with Gasteiger partial charge in [0.25, 0.3) is 5.91 Å². The molecule has 0 spiro atoms. The fourth-order valence-electron chi connectivity index (χ4n) is 4.75. The number of nitrogens with zero attached hydrogens (tertiary/aromatic N) is 1. The Kier molecular flexibility index (Phi) is 6.39. The van der Waals surface area contributed by atoms with Crippen molar-refractivity contribution in [3.05, 3.63) is 142 Å². The Morgan fingerprint density at radius 2 is 1.59 bits per heavy atom. The third-order valence-electron chi connectivity index (χ3n) is 6.63. The van der Waals surface area contributed by atoms with E-state index in [1.807, 2.05) is 36.4 Å². The van der Waals surface area contributed by atoms with E-state index in [9.17, 15) is 14.7 Å². The van der Waals surface area contributed by atoms with Crippen LogP contribution in [0, 0.1) is 0 Å². The Bertz CT molecular complexity index is 1710. The summed E-state index contributed by atoms with van der Waals surface area (Å²) in [5.74, 6) is -1.23. The van der Waals surface area contributed by atoms with Gasteiger partial charge in [-0.3, -0.25) is 14.5 Å². The lowest BCUT2D eigenvalue weighted by molar-refractivity contribution is -0.117. The number of amides is 1. The van der Waals surface area contributed by atoms with Crippen LogP contribution in [-0.4, -0.2) is 16.8 Å². The third kappa shape index (κ3) is 4.67. The first-order valence-electron chi connectivity index (χ1n) is 12.3. The summed E-state index contributed by atoms with van der Waals surface area (Å²) in [4.78, 5) is 28.6. The second-order valence-electron chi connectivity index (χ2n) is 9.14. The molecule has 1 aliphatic rings. The summed E-state index contributed by atoms with van der Waals surface area (Å²) in [5.41, 5.74) is 2.62. The first-order chi connectivity index (χ1) is 19.0. The van der Waals surface area contributed by atoms with E-state index in [1.54, 1.807) is 72.8 Å². The van der Waals surface area contributed by atoms with Crippen molar-refractivity contribution in [3.63, 3.8) is 0 Å². The molecule has 0 fully saturated rings. The van der Waals surface area contributed by atoms with Gasteiger partial charge in [-0.05, 0) is 59.7 Å². The molecule has 2 heterocycles. The summed E-state index contributed by atoms with van der Waals surface area (Å²) in [6, 6.07) is 31.6. The Balaban J connectivity index is 1.37. The number of carbonyl (C=O) groups excluding carboxylic acids is 2. The maximum atomic E-state index is 13.8. The van der Waals surface area contributed by atoms with Crippen LogP contribution in [-0.2, 0) is 11.4 Å². The summed E-state index contributed by atoms with van der Waals surface area (Å²) in [7, 11) is 0. The van der Waals surface area contributed by atoms with Crippen molar-refractivity contribution < 1.29 is 23.8 Å². The molecule has 1 amide bonds. The molecule has 1 aromatic heterocycles. The predicted molar refractivity (Wildman–Crippen MR) is 149 cm³/mol. The van der Waals surface area contributed by atoms with Crippen LogP contribution in [0.1, 0.15) is 27.7 Å². The van der Waals surface area contributed by atoms with E-state index in [1.165, 1.54) is 4.90 Å². The number of hydrogen-bond donors (Lipinski definition) is 1. The van der Waals surface area contributed by atoms with Gasteiger partial charge in [-0.25, -0.2) is 0 Å². The number of ether oxygens (including phenoxy) is 1. The third-order valence-corrected chi connectivity index (χ3v) is 6.87. The minimum atomic E-state index is -0.882. The number of aliphatic hydroxyl groups excluding tert-OH is 1. The van der Waals surface area contributed by atoms with Crippen molar-refractivity contribution in [2.24, 2.45) is 0 Å². The molecule has 0 saturated heterocycles. The maximum Gasteiger partial charge on any atom is 0.294 e. The summed E-state index contributed by atoms with van der Waals surface area (Å²) >= 11 is 6.10. The quantitative estimate of drug-likeness (QED) is 0.219. The molecular weight excluding hydrogens is 514 g/mol. The number of furan rings is 1. The van der Waals surface area contributed by atoms with E-state index in [4.69, 9.17) is 20.8 Å². The fraction of sp³-hybridized carbons (Fsp3) is 0.0625. The van der Waals surface area contributed by atoms with Gasteiger partial charge in [0.1, 0.15) is 17.9 Å². The molecule has 4 aromatic carbocycles. The van der Waals surface area contributed by atoms with E-state index < -0.39 is 23.5 Å². The first-order valence-corrected chi connectivity index (χ1v) is 12.7. The van der Waals surface area contributed by atoms with Gasteiger partial charge in [-0.2, -0.15) is 0 Å². The second kappa shape index (κ2) is 10.2. The van der Waals surface area contributed by atoms with Crippen LogP contribution in [0.4, 0.5) is 5.69 Å². The second-order valence-corrected chi connectivity index (χ2v) is 9.58. The monoisotopic (exact) mass is 535 g/mol. The molecule has 5 aromatic rings. The maximum absolute atomic E-state index is 13.8. The molecule has 1 aliphatic heterocycles. The Labute approximate surface area is 229 Å². The zero-order chi connectivity index (χ0) is 26.9. The van der Waals surface area contributed by atoms with Crippen molar-refractivity contribution in [2.45, 2.75) is 12.6 Å². The number of para-hydroxylation sites is 1. The lowest BCUT2D eigenvalue weighted by Gasteiger charge is -2.27. The fourth-order valence-corrected chi connectivity index (χ4v) is 4.93. The Hall–Kier alpha value is -4.81. The van der Waals surface area contributed by atoms with Gasteiger partial charge in [-0.1, -0.05) is 72.3 Å². The molecule has 0 saturated carbocycles. The Morgan fingerprint density at radius 3 is 2.31 bits per heavy atom. The zero-order valence-corrected chi connectivity index (χ0v) is 21.3. The molecule has 1 atom stereocenters. The zero-order valence-electron chi connectivity index (χ0n) is 20.6. The van der Waals surface area contributed by atoms with E-state index in [0.29, 0.717) is 39.6 Å². The highest BCUT2D eigenvalue weighted by molar-refractivity contribution is 6.31. The molecule has 1 N–H and O–H groups in total. The normalized spacial score (nSPS) is 15.3. The number of rotatable bonds is 7. The number of fused-ring (bicyclic) bond motifs is 1. The van der Waals surface area contributed by atoms with Crippen molar-refractivity contribution in [3.8, 4) is 5.75 Å². The number of anilines is 1. The molecule has 192 valence electrons. The highest BCUT2D eigenvalue weighted by atomic mass is 35.5. The van der Waals surface area contributed by atoms with Gasteiger partial charge < -0.3 is 14.3 Å². The van der Waals surface area contributed by atoms with Crippen molar-refractivity contribution in [2.75, 3.05) is 4.90 Å². The number of hydrogen-bond acceptors (Lipinski definition) is 5. The average molecular weight is 536 g/mol. The standard InChI is InChI=1S/C32H22ClNO5/c33-23-13-16-26-22(17-23)18-27(39-26)30(35)28-29(34(32(37)31(28)36)24-9-5-2-6-10-24)21-11-14-25(15-12-21)38-19-20-7-3-1-4-8-20/h1-18,29,36H,19H2. The number of carbonyl (C=O) groups is 2. The molecule has 6 nitrogen and oxygen atoms in total. The van der Waals surface area contributed by atoms with E-state index in [-0.39, 0.29) is 11.3 Å². The SMILES string of the molecule is O=C(C1=C(O)C(=O)N(c2ccccc2)C1c1ccc(OCc2ccccc2)cc1)c1cc2cc(Cl)ccc2o1. The predicted octanol–water partition coefficient (Wildman–Crippen LogP) is 7.45. The smallest absolute Gasteiger partial charge is 0.294 e. The van der Waals surface area contributed by atoms with Crippen LogP contribution < -0.4 is 9.64 Å². The molecule has 0 radical (unpaired) electrons. The van der Waals surface area contributed by atoms with Crippen LogP contribution in [0.25, 0.3) is 11.0 Å². The van der Waals surface area contributed by atoms with E-state index in [2.05, 4.69) is 0 Å². The van der Waals surface area contributed by atoms with Gasteiger partial charge in [0, 0.05) is 16.1 Å². The minimum Gasteiger partial charge on any atom is -0.503 e. The highest BCUT2D eigenvalue weighted by Gasteiger charge is 2.45. The van der Waals surface area contributed by atoms with Gasteiger partial charge >= 0.3 is 0 Å². The average Bonchev–Trinajstić information content (AvgIpc) is 3.51. The van der Waals surface area contributed by atoms with Gasteiger partial charge in [0.15, 0.2) is 11.5 Å². The summed E-state index contributed by atoms with van der Waals surface area (Å²) in [6.45, 7) is 0.402. The van der Waals surface area contributed by atoms with Crippen LogP contribution in [0.15, 0.2) is 125 Å². The minimum absolute atomic E-state index is 0.00402. The van der Waals surface area contributed by atoms with Crippen LogP contribution in [0.2, 0.25) is 5.02 Å². The lowest BCUT2D eigenvalue weighted by Crippen LogP contribution is -2.31. The van der Waals surface area contributed by atoms with Crippen molar-refractivity contribution in [1.29, 1.82) is 0 Å². The molecule has 1 unspecified atom stereocenters. The molecule has 39 heavy (non-hydrogen) atoms. The van der Waals surface area contributed by atoms with Crippen molar-refractivity contribution in [1.82, 2.24) is 0 Å². The summed E-state index contributed by atoms with van der Waals surface area (Å²) in [5, 5.41) is 12.2. The van der Waals surface area contributed by atoms with Gasteiger partial charge in [0.05, 0.1) is 11.6 Å². The molecular formula is C32H22ClNO5. The highest BCUT2D eigenvalue weighted by Crippen LogP contribution is 2.42. The van der Waals surface area contributed by atoms with E-state index in [0.717, 1.165) is 5.56 Å². The van der Waals surface area contributed by atoms with Crippen molar-refractivity contribution >= 4 is 39.9 Å². The number of aliphatic hydroxyl groups is 1. The van der Waals surface area contributed by atoms with Crippen LogP contribution in [0.3, 0.4) is 0 Å². The molecule has 6 rings (SSSR count). The van der Waals surface area contributed by atoms with Gasteiger partial charge in [0.2, 0.25) is 5.78 Å². The first kappa shape index (κ1) is 24.5. The molecule has 7 heteroatoms. The van der Waals surface area contributed by atoms with E-state index >= 15 is 0 Å². The number of Topliss-reactive ketones (excluding diaryl/α,β-unsaturated/α-hetero) is 1. The number of ketones is 1.